The fraction of sp³-hybridized carbons (Fsp3) is 1.00. The predicted octanol–water partition coefficient (Wildman–Crippen LogP) is -12.9. The normalized spacial score (nSPS) is 53.2. The molecule has 35 atom stereocenters. The van der Waals surface area contributed by atoms with E-state index in [-0.39, 0.29) is 4.47 Å². The van der Waals surface area contributed by atoms with Gasteiger partial charge in [-0.3, -0.25) is 0 Å². The fourth-order valence-corrected chi connectivity index (χ4v) is 14.2. The van der Waals surface area contributed by atoms with Gasteiger partial charge in [-0.25, -0.2) is 0 Å². The molecule has 0 aromatic carbocycles. The fourth-order valence-electron chi connectivity index (χ4n) is 10.8. The van der Waals surface area contributed by atoms with Gasteiger partial charge in [-0.15, -0.1) is 0 Å². The van der Waals surface area contributed by atoms with Gasteiger partial charge in [0.15, 0.2) is 18.9 Å². The first kappa shape index (κ1) is 66.4. The molecule has 0 saturated carbocycles. The number of aliphatic hydroxyl groups excluding tert-OH is 20. The molecule has 35 heteroatoms. The third-order valence-electron chi connectivity index (χ3n) is 15.5. The van der Waals surface area contributed by atoms with Crippen LogP contribution < -0.4 is 0 Å². The van der Waals surface area contributed by atoms with Crippen molar-refractivity contribution in [3.63, 3.8) is 0 Å². The second kappa shape index (κ2) is 29.2. The van der Waals surface area contributed by atoms with Gasteiger partial charge >= 0.3 is 282 Å². The zero-order valence-electron chi connectivity index (χ0n) is 43.3. The van der Waals surface area contributed by atoms with E-state index in [1.165, 1.54) is 0 Å². The molecular weight excluding hydrogens is 1220 g/mol. The summed E-state index contributed by atoms with van der Waals surface area (Å²) in [5.41, 5.74) is 0. The van der Waals surface area contributed by atoms with E-state index in [2.05, 4.69) is 0 Å². The Bertz CT molecular complexity index is 1890. The molecule has 0 unspecified atom stereocenters. The third kappa shape index (κ3) is 13.8. The van der Waals surface area contributed by atoms with Crippen LogP contribution in [0.5, 0.6) is 0 Å². The van der Waals surface area contributed by atoms with E-state index in [4.69, 9.17) is 66.3 Å². The Labute approximate surface area is 471 Å². The Kier molecular flexibility index (Phi) is 23.9. The number of hydrogen-bond acceptors (Lipinski definition) is 34. The van der Waals surface area contributed by atoms with Crippen molar-refractivity contribution < 1.29 is 168 Å². The van der Waals surface area contributed by atoms with Gasteiger partial charge in [0, 0.05) is 0 Å². The summed E-state index contributed by atoms with van der Waals surface area (Å²) in [6.07, 6.45) is -66.2. The molecule has 21 rings (SSSR count). The summed E-state index contributed by atoms with van der Waals surface area (Å²) in [5, 5.41) is 223. The van der Waals surface area contributed by atoms with E-state index in [0.717, 1.165) is 17.3 Å². The molecule has 0 aromatic rings. The topological polar surface area (TPSA) is 534 Å². The summed E-state index contributed by atoms with van der Waals surface area (Å²) in [6, 6.07) is 0. The van der Waals surface area contributed by atoms with Crippen LogP contribution in [-0.4, -0.2) is 378 Å². The minimum absolute atomic E-state index is 0.194. The van der Waals surface area contributed by atoms with Crippen LogP contribution in [0.2, 0.25) is 8.94 Å². The van der Waals surface area contributed by atoms with E-state index in [1.54, 1.807) is 0 Å². The van der Waals surface area contributed by atoms with Gasteiger partial charge in [0.2, 0.25) is 0 Å². The molecule has 81 heavy (non-hydrogen) atoms. The van der Waals surface area contributed by atoms with Crippen molar-refractivity contribution in [3.8, 4) is 0 Å². The van der Waals surface area contributed by atoms with Crippen molar-refractivity contribution in [2.24, 2.45) is 0 Å². The second-order valence-corrected chi connectivity index (χ2v) is 24.2. The maximum absolute atomic E-state index is 11.7. The van der Waals surface area contributed by atoms with E-state index in [1.807, 2.05) is 6.92 Å². The third-order valence-corrected chi connectivity index (χ3v) is 18.8. The minimum atomic E-state index is -2.20. The summed E-state index contributed by atoms with van der Waals surface area (Å²) < 4.78 is 82.3. The first-order chi connectivity index (χ1) is 38.7. The van der Waals surface area contributed by atoms with Crippen molar-refractivity contribution in [1.82, 2.24) is 0 Å². The van der Waals surface area contributed by atoms with Gasteiger partial charge in [-0.2, -0.15) is 0 Å². The Morgan fingerprint density at radius 1 is 0.247 bits per heavy atom. The summed E-state index contributed by atoms with van der Waals surface area (Å²) in [4.78, 5) is 0. The van der Waals surface area contributed by atoms with Crippen molar-refractivity contribution in [2.45, 2.75) is 244 Å². The Balaban J connectivity index is 1.09. The first-order valence-corrected chi connectivity index (χ1v) is 29.9. The monoisotopic (exact) mass is 1300 g/mol. The second-order valence-electron chi connectivity index (χ2n) is 20.9. The van der Waals surface area contributed by atoms with E-state index in [0.29, 0.717) is 0 Å². The van der Waals surface area contributed by atoms with E-state index in [9.17, 15) is 102 Å². The van der Waals surface area contributed by atoms with Crippen LogP contribution in [0.3, 0.4) is 0 Å². The van der Waals surface area contributed by atoms with E-state index >= 15 is 0 Å². The van der Waals surface area contributed by atoms with Crippen molar-refractivity contribution in [3.05, 3.63) is 0 Å². The van der Waals surface area contributed by atoms with Crippen molar-refractivity contribution >= 4 is 20.9 Å². The number of aliphatic hydroxyl groups is 20. The SMILES string of the molecule is CCCC[Te]C[C@@H]1O[C@@H]2O[C@H]3[C@@H](O)[C@@H](O)[C@@H](O[C@H]4[C@@H](O)[C@H](O)[C@@H](O[C@H]5[C@H](O)[C@@H](O)[C@@H](O[C@H]6[C@H](O)[C@@H](O)[C@@H](O[C@H]7[C@H](O)[C@@H](O)[C@@H](O[C@H]8[C@H](O)[C@@H](O)[C@@H](O[C@H]1[C@H](O)[C@H]2O)O[C@H]8CO)O[C@H]7CO)O[C@H]6CO)O[C@@H]5CO)O[C@@H]4CO)O[C@@H]3CO. The van der Waals surface area contributed by atoms with Gasteiger partial charge in [-0.05, 0) is 0 Å². The number of rotatable bonds is 11. The average molecular weight is 1300 g/mol. The van der Waals surface area contributed by atoms with Crippen LogP contribution in [0.25, 0.3) is 0 Å². The molecule has 0 amide bonds. The molecule has 21 aliphatic heterocycles. The van der Waals surface area contributed by atoms with E-state index < -0.39 is 276 Å². The zero-order chi connectivity index (χ0) is 58.9. The van der Waals surface area contributed by atoms with Crippen molar-refractivity contribution in [1.29, 1.82) is 0 Å². The average Bonchev–Trinajstić information content (AvgIpc) is 3.47. The molecule has 20 N–H and O–H groups in total. The van der Waals surface area contributed by atoms with Crippen molar-refractivity contribution in [2.75, 3.05) is 39.6 Å². The molecular formula is C46H78O34Te. The predicted molar refractivity (Wildman–Crippen MR) is 252 cm³/mol. The summed E-state index contributed by atoms with van der Waals surface area (Å²) in [5.74, 6) is 0. The van der Waals surface area contributed by atoms with Gasteiger partial charge < -0.3 is 84.6 Å². The molecule has 0 aliphatic carbocycles. The Hall–Kier alpha value is -0.570. The van der Waals surface area contributed by atoms with Gasteiger partial charge in [0.1, 0.15) is 61.0 Å². The molecule has 34 nitrogen and oxygen atoms in total. The van der Waals surface area contributed by atoms with Crippen LogP contribution in [-0.2, 0) is 66.3 Å². The van der Waals surface area contributed by atoms with Crippen LogP contribution in [0.1, 0.15) is 19.8 Å². The first-order valence-electron chi connectivity index (χ1n) is 26.6. The standard InChI is InChI=1S/C46H78O34Te/c1-2-3-4-81-11-18-39-25(59)32(66)46(73-18)79-38-17(10-52)71-44(30(64)23(38)57)77-36-15(8-50)69-42(28(62)21(36)55)75-34-13(6-48)67-40(26(60)19(34)53)74-33-12(5-47)68-41(27(61)20(33)54)76-35-14(7-49)70-43(29(63)22(35)56)78-37-16(9-51)72-45(80-39)31(65)24(37)58/h12-66H,2-11H2,1H3/t12-,13+,14-,15+,16-,17+,18-,19+,20+,21-,22+,23-,24+,25+,26+,27+,28-,29+,30+,31+,32+,33+,34+,35+,36+,37+,38+,39+,40+,41+,42+,43+,44+,45+,46+/m0/s1. The molecule has 21 saturated heterocycles. The summed E-state index contributed by atoms with van der Waals surface area (Å²) >= 11 is -0.976. The number of ether oxygens (including phenoxy) is 14. The van der Waals surface area contributed by atoms with Gasteiger partial charge in [0.05, 0.1) is 26.4 Å². The maximum atomic E-state index is 11.7. The molecule has 0 spiro atoms. The molecule has 21 aliphatic rings. The van der Waals surface area contributed by atoms with Crippen LogP contribution >= 0.6 is 0 Å². The number of hydrogen-bond donors (Lipinski definition) is 20. The molecule has 0 aromatic heterocycles. The molecule has 14 bridgehead atoms. The Morgan fingerprint density at radius 3 is 0.593 bits per heavy atom. The van der Waals surface area contributed by atoms with Crippen LogP contribution in [0.4, 0.5) is 0 Å². The van der Waals surface area contributed by atoms with Crippen LogP contribution in [0, 0.1) is 0 Å². The molecule has 0 radical (unpaired) electrons. The van der Waals surface area contributed by atoms with Gasteiger partial charge in [-0.1, -0.05) is 0 Å². The quantitative estimate of drug-likeness (QED) is 0.0675. The van der Waals surface area contributed by atoms with Gasteiger partial charge in [0.25, 0.3) is 0 Å². The number of unbranched alkanes of at least 4 members (excludes halogenated alkanes) is 1. The summed E-state index contributed by atoms with van der Waals surface area (Å²) in [6.45, 7) is -4.12. The zero-order valence-corrected chi connectivity index (χ0v) is 45.7. The summed E-state index contributed by atoms with van der Waals surface area (Å²) in [7, 11) is 0. The Morgan fingerprint density at radius 2 is 0.420 bits per heavy atom. The molecule has 21 fully saturated rings. The van der Waals surface area contributed by atoms with Crippen LogP contribution in [0.15, 0.2) is 0 Å². The molecule has 472 valence electrons. The molecule has 21 heterocycles.